The number of carbonyl (C=O) groups excluding carboxylic acids is 10. The van der Waals surface area contributed by atoms with E-state index in [9.17, 15) is 47.9 Å². The fourth-order valence-electron chi connectivity index (χ4n) is 20.3. The number of nitrogens with zero attached hydrogens (tertiary/aromatic N) is 3. The number of allylic oxidation sites excluding steroid dienone is 6. The largest absolute Gasteiger partial charge is 0.443 e. The number of benzene rings is 5. The SMILES string of the molecule is COOCc1cc2cc(NC(=O)c3cc4cc(NC(=O)c5cc6c([nH]5)C(=O)C=C5CCC7CC567)ccc4[nH]3)ccc2[nH]1.COOCc1cc2cc(NC(=O)c3cc4cc(NC(=O)c5cc6c([nH]5)C(=O)C=C5N(C(C)=O)CC7CC567)ccc4[nH]3)ccc2[nH]1.Cc1cc2c3c(ccc2[nH]1)N(C(=O)c1cc2c([nH]1)C(=O)C=C1N(C(=O)OC(C)(C)C)CC4CC124)CC3. The fraction of sp³-hybridized carbons (Fsp3) is 0.269. The number of aromatic amines is 8. The monoisotopic (exact) mass is 1650 g/mol. The predicted octanol–water partition coefficient (Wildman–Crippen LogP) is 15.1. The van der Waals surface area contributed by atoms with E-state index in [1.165, 1.54) is 38.4 Å². The lowest BCUT2D eigenvalue weighted by Crippen LogP contribution is -2.37. The minimum atomic E-state index is -0.619. The molecule has 11 heterocycles. The number of rotatable bonds is 15. The standard InChI is InChI=1S/C33H28N6O6.C32H27N5O5.C28H28N4O4/c1-16(40)39-14-19-13-33(19)23-11-27(38-30(23)28(41)12-29(33)39)32(43)36-21-4-6-25-18(8-21)10-26(37-25)31(42)35-20-3-5-24-17(7-20)9-22(34-24)15-45-44-2;1-41-42-15-22-10-16-8-20(4-6-24(16)33-22)34-30(39)26-11-17-9-21(5-7-25(17)36-26)35-31(40)27-13-23-29(37-27)28(38)12-18-2-3-19-14-32(18,19)23;1-14-9-17-16-7-8-31(21(16)6-5-19(17)29-14)25(34)20-10-18-24(30-20)22(33)11-23-28(18)12-15(28)13-32(23)26(35)36-27(2,3)4/h3-12,19,34,37-38H,13-15H2,1-2H3,(H,35,42)(H,36,43);4-13,19,33,36-37H,2-3,14-15H2,1H3,(H,34,39)(H,35,40);5-6,9-11,15,29-30H,7-8,12-13H2,1-4H3. The lowest BCUT2D eigenvalue weighted by Gasteiger charge is -2.30. The minimum Gasteiger partial charge on any atom is -0.443 e. The molecule has 3 aliphatic heterocycles. The molecular formula is C93H83N15O15. The summed E-state index contributed by atoms with van der Waals surface area (Å²) in [6.07, 6.45) is 10.1. The number of H-pyrrole nitrogens is 8. The Morgan fingerprint density at radius 3 is 1.37 bits per heavy atom. The second-order valence-corrected chi connectivity index (χ2v) is 34.6. The summed E-state index contributed by atoms with van der Waals surface area (Å²) in [6.45, 7) is 11.3. The summed E-state index contributed by atoms with van der Waals surface area (Å²) < 4.78 is 5.60. The van der Waals surface area contributed by atoms with Gasteiger partial charge in [-0.3, -0.25) is 48.1 Å². The number of amides is 7. The van der Waals surface area contributed by atoms with Crippen molar-refractivity contribution >= 4 is 142 Å². The smallest absolute Gasteiger partial charge is 0.414 e. The summed E-state index contributed by atoms with van der Waals surface area (Å²) >= 11 is 0. The number of aromatic nitrogens is 8. The fourth-order valence-corrected chi connectivity index (χ4v) is 20.3. The van der Waals surface area contributed by atoms with Crippen LogP contribution in [0.25, 0.3) is 54.5 Å². The van der Waals surface area contributed by atoms with Crippen LogP contribution in [-0.4, -0.2) is 148 Å². The Kier molecular flexibility index (Phi) is 17.3. The molecular weight excluding hydrogens is 1570 g/mol. The molecule has 123 heavy (non-hydrogen) atoms. The van der Waals surface area contributed by atoms with Crippen molar-refractivity contribution in [2.45, 2.75) is 108 Å². The van der Waals surface area contributed by atoms with Gasteiger partial charge < -0.3 is 75.7 Å². The van der Waals surface area contributed by atoms with Crippen LogP contribution < -0.4 is 26.2 Å². The van der Waals surface area contributed by atoms with Gasteiger partial charge in [0.05, 0.1) is 31.3 Å². The van der Waals surface area contributed by atoms with E-state index in [-0.39, 0.29) is 88.5 Å². The van der Waals surface area contributed by atoms with Gasteiger partial charge in [-0.1, -0.05) is 5.57 Å². The normalized spacial score (nSPS) is 21.1. The predicted molar refractivity (Wildman–Crippen MR) is 456 cm³/mol. The van der Waals surface area contributed by atoms with Crippen LogP contribution in [0.1, 0.15) is 183 Å². The van der Waals surface area contributed by atoms with E-state index in [4.69, 9.17) is 14.5 Å². The molecule has 620 valence electrons. The van der Waals surface area contributed by atoms with Gasteiger partial charge in [0.1, 0.15) is 47.3 Å². The Balaban J connectivity index is 0.000000114. The summed E-state index contributed by atoms with van der Waals surface area (Å²) in [7, 11) is 2.91. The van der Waals surface area contributed by atoms with Crippen molar-refractivity contribution in [3.63, 3.8) is 0 Å². The summed E-state index contributed by atoms with van der Waals surface area (Å²) in [5.74, 6) is -0.963. The van der Waals surface area contributed by atoms with Crippen molar-refractivity contribution in [3.05, 3.63) is 254 Å². The molecule has 30 heteroatoms. The van der Waals surface area contributed by atoms with Crippen molar-refractivity contribution < 1.29 is 72.2 Å². The van der Waals surface area contributed by atoms with E-state index < -0.39 is 23.0 Å². The number of aryl methyl sites for hydroxylation is 1. The van der Waals surface area contributed by atoms with Gasteiger partial charge in [-0.2, -0.15) is 0 Å². The Hall–Kier alpha value is -14.2. The van der Waals surface area contributed by atoms with Crippen LogP contribution in [0.3, 0.4) is 0 Å². The number of likely N-dealkylation sites (tertiary alicyclic amines) is 2. The average Bonchev–Trinajstić information content (AvgIpc) is 1.51. The third-order valence-corrected chi connectivity index (χ3v) is 26.1. The van der Waals surface area contributed by atoms with Crippen LogP contribution in [0.5, 0.6) is 0 Å². The summed E-state index contributed by atoms with van der Waals surface area (Å²) in [5, 5.41) is 16.2. The highest BCUT2D eigenvalue weighted by Gasteiger charge is 2.70. The molecule has 10 aliphatic rings. The van der Waals surface area contributed by atoms with E-state index >= 15 is 0 Å². The molecule has 6 fully saturated rings. The number of fused-ring (bicyclic) bond motifs is 10. The number of anilines is 5. The van der Waals surface area contributed by atoms with Crippen molar-refractivity contribution in [2.24, 2.45) is 17.8 Å². The molecule has 8 aromatic heterocycles. The first-order valence-electron chi connectivity index (χ1n) is 41.0. The van der Waals surface area contributed by atoms with E-state index in [0.717, 1.165) is 138 Å². The Morgan fingerprint density at radius 1 is 0.455 bits per heavy atom. The van der Waals surface area contributed by atoms with Crippen molar-refractivity contribution in [3.8, 4) is 0 Å². The topological polar surface area (TPSA) is 401 Å². The summed E-state index contributed by atoms with van der Waals surface area (Å²) in [5.41, 5.74) is 18.8. The van der Waals surface area contributed by atoms with Crippen molar-refractivity contribution in [1.29, 1.82) is 0 Å². The van der Waals surface area contributed by atoms with Crippen molar-refractivity contribution in [1.82, 2.24) is 49.7 Å². The first-order chi connectivity index (χ1) is 59.2. The second kappa shape index (κ2) is 27.9. The van der Waals surface area contributed by atoms with E-state index in [1.807, 2.05) is 113 Å². The first kappa shape index (κ1) is 76.2. The van der Waals surface area contributed by atoms with E-state index in [2.05, 4.69) is 77.0 Å². The third kappa shape index (κ3) is 12.7. The number of piperidine rings is 2. The second-order valence-electron chi connectivity index (χ2n) is 34.6. The molecule has 13 aromatic rings. The number of ketones is 3. The van der Waals surface area contributed by atoms with Crippen LogP contribution in [-0.2, 0) is 65.0 Å². The van der Waals surface area contributed by atoms with Crippen LogP contribution >= 0.6 is 0 Å². The van der Waals surface area contributed by atoms with Gasteiger partial charge in [-0.15, -0.1) is 0 Å². The average molecular weight is 1650 g/mol. The Morgan fingerprint density at radius 2 is 0.886 bits per heavy atom. The molecule has 2 saturated heterocycles. The molecule has 7 amide bonds. The van der Waals surface area contributed by atoms with Crippen LogP contribution in [0.2, 0.25) is 0 Å². The van der Waals surface area contributed by atoms with Gasteiger partial charge in [0, 0.05) is 166 Å². The zero-order chi connectivity index (χ0) is 84.8. The van der Waals surface area contributed by atoms with E-state index in [1.54, 1.807) is 69.3 Å². The van der Waals surface area contributed by atoms with Gasteiger partial charge in [0.15, 0.2) is 0 Å². The van der Waals surface area contributed by atoms with Gasteiger partial charge in [0.2, 0.25) is 23.3 Å². The van der Waals surface area contributed by atoms with Crippen molar-refractivity contribution in [2.75, 3.05) is 60.0 Å². The highest BCUT2D eigenvalue weighted by molar-refractivity contribution is 6.16. The maximum atomic E-state index is 13.7. The van der Waals surface area contributed by atoms with Gasteiger partial charge in [-0.25, -0.2) is 24.3 Å². The van der Waals surface area contributed by atoms with E-state index in [0.29, 0.717) is 93.9 Å². The number of hydrogen-bond acceptors (Lipinski definition) is 15. The number of ether oxygens (including phenoxy) is 1. The molecule has 6 unspecified atom stereocenters. The van der Waals surface area contributed by atoms with Crippen LogP contribution in [0.4, 0.5) is 33.2 Å². The Labute approximate surface area is 699 Å². The molecule has 0 bridgehead atoms. The molecule has 7 aliphatic carbocycles. The minimum absolute atomic E-state index is 0.0331. The van der Waals surface area contributed by atoms with Crippen LogP contribution in [0, 0.1) is 24.7 Å². The molecule has 0 radical (unpaired) electrons. The molecule has 6 atom stereocenters. The Bertz CT molecular complexity index is 6970. The maximum Gasteiger partial charge on any atom is 0.414 e. The number of carbonyl (C=O) groups is 10. The molecule has 30 nitrogen and oxygen atoms in total. The summed E-state index contributed by atoms with van der Waals surface area (Å²) in [6, 6.07) is 40.8. The van der Waals surface area contributed by atoms with Gasteiger partial charge >= 0.3 is 6.09 Å². The zero-order valence-electron chi connectivity index (χ0n) is 67.9. The highest BCUT2D eigenvalue weighted by Crippen LogP contribution is 2.70. The van der Waals surface area contributed by atoms with Crippen LogP contribution in [0.15, 0.2) is 169 Å². The third-order valence-electron chi connectivity index (χ3n) is 26.1. The molecule has 4 saturated carbocycles. The van der Waals surface area contributed by atoms with Gasteiger partial charge in [-0.05, 0) is 246 Å². The molecule has 23 rings (SSSR count). The molecule has 5 aromatic carbocycles. The number of hydrogen-bond donors (Lipinski definition) is 12. The molecule has 12 N–H and O–H groups in total. The lowest BCUT2D eigenvalue weighted by atomic mass is 9.83. The first-order valence-corrected chi connectivity index (χ1v) is 41.0. The van der Waals surface area contributed by atoms with Gasteiger partial charge in [0.25, 0.3) is 29.5 Å². The highest BCUT2D eigenvalue weighted by atomic mass is 17.2. The quantitative estimate of drug-likeness (QED) is 0.0335. The molecule has 3 spiro atoms. The maximum absolute atomic E-state index is 13.7. The number of nitrogens with one attached hydrogen (secondary N) is 12. The summed E-state index contributed by atoms with van der Waals surface area (Å²) in [4.78, 5) is 180. The zero-order valence-corrected chi connectivity index (χ0v) is 67.9. The lowest BCUT2D eigenvalue weighted by molar-refractivity contribution is -0.282.